The highest BCUT2D eigenvalue weighted by Gasteiger charge is 2.51. The van der Waals surface area contributed by atoms with Gasteiger partial charge >= 0.3 is 0 Å². The number of hydrogen-bond donors (Lipinski definition) is 1. The lowest BCUT2D eigenvalue weighted by Gasteiger charge is -2.14. The summed E-state index contributed by atoms with van der Waals surface area (Å²) in [7, 11) is 0. The normalized spacial score (nSPS) is 27.7. The molecule has 3 heterocycles. The Morgan fingerprint density at radius 2 is 1.95 bits per heavy atom. The summed E-state index contributed by atoms with van der Waals surface area (Å²) < 4.78 is 0. The molecule has 2 amide bonds. The van der Waals surface area contributed by atoms with Crippen molar-refractivity contribution in [1.29, 1.82) is 5.26 Å². The van der Waals surface area contributed by atoms with Crippen LogP contribution in [0.4, 0.5) is 5.00 Å². The first-order valence-electron chi connectivity index (χ1n) is 7.35. The van der Waals surface area contributed by atoms with Crippen molar-refractivity contribution in [2.24, 2.45) is 11.8 Å². The van der Waals surface area contributed by atoms with Gasteiger partial charge < -0.3 is 5.32 Å². The van der Waals surface area contributed by atoms with Crippen LogP contribution in [-0.2, 0) is 22.6 Å². The fourth-order valence-corrected chi connectivity index (χ4v) is 5.06. The number of nitriles is 1. The summed E-state index contributed by atoms with van der Waals surface area (Å²) >= 11 is 1.43. The Hall–Kier alpha value is -1.71. The van der Waals surface area contributed by atoms with E-state index in [0.717, 1.165) is 49.2 Å². The zero-order valence-corrected chi connectivity index (χ0v) is 12.3. The van der Waals surface area contributed by atoms with Crippen molar-refractivity contribution < 1.29 is 9.59 Å². The van der Waals surface area contributed by atoms with Gasteiger partial charge in [0.1, 0.15) is 11.1 Å². The maximum atomic E-state index is 12.6. The molecule has 2 fully saturated rings. The molecule has 2 atom stereocenters. The third-order valence-electron chi connectivity index (χ3n) is 4.82. The Labute approximate surface area is 126 Å². The number of carbonyl (C=O) groups is 2. The van der Waals surface area contributed by atoms with Gasteiger partial charge in [0, 0.05) is 11.4 Å². The first-order chi connectivity index (χ1) is 10.2. The first kappa shape index (κ1) is 13.0. The Bertz CT molecular complexity index is 666. The largest absolute Gasteiger partial charge is 0.312 e. The molecule has 1 aromatic rings. The number of fused-ring (bicyclic) bond motifs is 2. The summed E-state index contributed by atoms with van der Waals surface area (Å²) in [6.45, 7) is 1.56. The molecule has 0 spiro atoms. The number of carbonyl (C=O) groups excluding carboxylic acids is 2. The highest BCUT2D eigenvalue weighted by atomic mass is 32.1. The zero-order chi connectivity index (χ0) is 14.6. The van der Waals surface area contributed by atoms with Crippen LogP contribution in [0.1, 0.15) is 35.3 Å². The highest BCUT2D eigenvalue weighted by Crippen LogP contribution is 2.46. The summed E-state index contributed by atoms with van der Waals surface area (Å²) in [5.41, 5.74) is 1.56. The fourth-order valence-electron chi connectivity index (χ4n) is 3.78. The van der Waals surface area contributed by atoms with Crippen molar-refractivity contribution in [2.75, 3.05) is 11.4 Å². The molecule has 1 saturated heterocycles. The van der Waals surface area contributed by atoms with Crippen molar-refractivity contribution in [3.8, 4) is 6.07 Å². The number of anilines is 1. The molecule has 0 bridgehead atoms. The van der Waals surface area contributed by atoms with Crippen LogP contribution < -0.4 is 10.2 Å². The third-order valence-corrected chi connectivity index (χ3v) is 6.03. The van der Waals surface area contributed by atoms with Crippen LogP contribution >= 0.6 is 11.3 Å². The standard InChI is InChI=1S/C15H15N3O2S/c16-6-11-8-4-5-17-7-12(8)21-15(11)18-13(19)9-2-1-3-10(9)14(18)20/h9-10,17H,1-5,7H2. The van der Waals surface area contributed by atoms with E-state index in [1.807, 2.05) is 0 Å². The second-order valence-electron chi connectivity index (χ2n) is 5.88. The van der Waals surface area contributed by atoms with Crippen molar-refractivity contribution in [2.45, 2.75) is 32.2 Å². The Morgan fingerprint density at radius 1 is 1.24 bits per heavy atom. The highest BCUT2D eigenvalue weighted by molar-refractivity contribution is 7.17. The lowest BCUT2D eigenvalue weighted by Crippen LogP contribution is -2.31. The van der Waals surface area contributed by atoms with E-state index < -0.39 is 0 Å². The van der Waals surface area contributed by atoms with Crippen LogP contribution in [0.25, 0.3) is 0 Å². The van der Waals surface area contributed by atoms with Gasteiger partial charge in [-0.15, -0.1) is 11.3 Å². The molecule has 3 aliphatic rings. The molecule has 1 aromatic heterocycles. The predicted molar refractivity (Wildman–Crippen MR) is 77.8 cm³/mol. The number of nitrogens with zero attached hydrogens (tertiary/aromatic N) is 2. The Morgan fingerprint density at radius 3 is 2.62 bits per heavy atom. The summed E-state index contributed by atoms with van der Waals surface area (Å²) in [5.74, 6) is -0.487. The van der Waals surface area contributed by atoms with E-state index in [1.165, 1.54) is 16.2 Å². The second-order valence-corrected chi connectivity index (χ2v) is 6.96. The molecule has 1 saturated carbocycles. The van der Waals surface area contributed by atoms with Gasteiger partial charge in [-0.25, -0.2) is 4.90 Å². The summed E-state index contributed by atoms with van der Waals surface area (Å²) in [6.07, 6.45) is 3.36. The van der Waals surface area contributed by atoms with Gasteiger partial charge in [-0.2, -0.15) is 5.26 Å². The van der Waals surface area contributed by atoms with Gasteiger partial charge in [0.15, 0.2) is 0 Å². The number of imide groups is 1. The lowest BCUT2D eigenvalue weighted by atomic mass is 10.00. The molecule has 4 rings (SSSR count). The predicted octanol–water partition coefficient (Wildman–Crippen LogP) is 1.55. The van der Waals surface area contributed by atoms with Crippen LogP contribution in [0.15, 0.2) is 0 Å². The molecule has 0 radical (unpaired) electrons. The van der Waals surface area contributed by atoms with Crippen molar-refractivity contribution in [1.82, 2.24) is 5.32 Å². The van der Waals surface area contributed by atoms with Gasteiger partial charge in [0.25, 0.3) is 0 Å². The molecule has 5 nitrogen and oxygen atoms in total. The average molecular weight is 301 g/mol. The minimum atomic E-state index is -0.152. The van der Waals surface area contributed by atoms with Crippen LogP contribution in [0.2, 0.25) is 0 Å². The van der Waals surface area contributed by atoms with E-state index in [2.05, 4.69) is 11.4 Å². The summed E-state index contributed by atoms with van der Waals surface area (Å²) in [6, 6.07) is 2.22. The molecule has 108 valence electrons. The molecule has 0 aromatic carbocycles. The quantitative estimate of drug-likeness (QED) is 0.799. The van der Waals surface area contributed by atoms with E-state index in [9.17, 15) is 14.9 Å². The fraction of sp³-hybridized carbons (Fsp3) is 0.533. The third kappa shape index (κ3) is 1.71. The molecule has 21 heavy (non-hydrogen) atoms. The zero-order valence-electron chi connectivity index (χ0n) is 11.5. The monoisotopic (exact) mass is 301 g/mol. The number of thiophene rings is 1. The number of hydrogen-bond acceptors (Lipinski definition) is 5. The topological polar surface area (TPSA) is 73.2 Å². The summed E-state index contributed by atoms with van der Waals surface area (Å²) in [4.78, 5) is 27.5. The Balaban J connectivity index is 1.81. The minimum absolute atomic E-state index is 0.0921. The number of nitrogens with one attached hydrogen (secondary N) is 1. The van der Waals surface area contributed by atoms with Gasteiger partial charge in [-0.1, -0.05) is 6.42 Å². The van der Waals surface area contributed by atoms with Crippen LogP contribution in [0.5, 0.6) is 0 Å². The van der Waals surface area contributed by atoms with Crippen LogP contribution in [0.3, 0.4) is 0 Å². The molecule has 1 aliphatic carbocycles. The SMILES string of the molecule is N#Cc1c(N2C(=O)C3CCCC3C2=O)sc2c1CCNC2. The van der Waals surface area contributed by atoms with Gasteiger partial charge in [-0.05, 0) is 31.4 Å². The molecular weight excluding hydrogens is 286 g/mol. The van der Waals surface area contributed by atoms with E-state index in [0.29, 0.717) is 10.6 Å². The molecule has 1 N–H and O–H groups in total. The molecule has 2 aliphatic heterocycles. The number of amides is 2. The minimum Gasteiger partial charge on any atom is -0.312 e. The van der Waals surface area contributed by atoms with Crippen molar-refractivity contribution in [3.05, 3.63) is 16.0 Å². The molecular formula is C15H15N3O2S. The molecule has 6 heteroatoms. The van der Waals surface area contributed by atoms with Crippen LogP contribution in [0, 0.1) is 23.2 Å². The van der Waals surface area contributed by atoms with Crippen molar-refractivity contribution >= 4 is 28.2 Å². The van der Waals surface area contributed by atoms with E-state index >= 15 is 0 Å². The number of rotatable bonds is 1. The maximum absolute atomic E-state index is 12.6. The van der Waals surface area contributed by atoms with Crippen LogP contribution in [-0.4, -0.2) is 18.4 Å². The van der Waals surface area contributed by atoms with E-state index in [1.54, 1.807) is 0 Å². The second kappa shape index (κ2) is 4.65. The first-order valence-corrected chi connectivity index (χ1v) is 8.17. The summed E-state index contributed by atoms with van der Waals surface area (Å²) in [5, 5.41) is 13.3. The van der Waals surface area contributed by atoms with Gasteiger partial charge in [0.2, 0.25) is 11.8 Å². The maximum Gasteiger partial charge on any atom is 0.238 e. The Kier molecular flexibility index (Phi) is 2.88. The van der Waals surface area contributed by atoms with Gasteiger partial charge in [-0.3, -0.25) is 9.59 Å². The van der Waals surface area contributed by atoms with Gasteiger partial charge in [0.05, 0.1) is 17.4 Å². The van der Waals surface area contributed by atoms with E-state index in [4.69, 9.17) is 0 Å². The smallest absolute Gasteiger partial charge is 0.238 e. The molecule has 2 unspecified atom stereocenters. The van der Waals surface area contributed by atoms with E-state index in [-0.39, 0.29) is 23.7 Å². The lowest BCUT2D eigenvalue weighted by molar-refractivity contribution is -0.122. The average Bonchev–Trinajstić information content (AvgIpc) is 3.15. The van der Waals surface area contributed by atoms with Crippen molar-refractivity contribution in [3.63, 3.8) is 0 Å².